The van der Waals surface area contributed by atoms with Gasteiger partial charge in [0.15, 0.2) is 0 Å². The normalized spacial score (nSPS) is 27.9. The largest absolute Gasteiger partial charge is 0.369 e. The smallest absolute Gasteiger partial charge is 0.249 e. The van der Waals surface area contributed by atoms with Gasteiger partial charge in [0.05, 0.1) is 18.7 Å². The highest BCUT2D eigenvalue weighted by atomic mass is 16.5. The van der Waals surface area contributed by atoms with E-state index in [1.165, 1.54) is 0 Å². The third-order valence-corrected chi connectivity index (χ3v) is 3.65. The third kappa shape index (κ3) is 3.02. The first-order valence-corrected chi connectivity index (χ1v) is 6.78. The van der Waals surface area contributed by atoms with Crippen molar-refractivity contribution < 1.29 is 14.3 Å². The molecule has 2 rings (SSSR count). The number of piperazine rings is 1. The molecule has 1 heterocycles. The molecule has 0 spiro atoms. The number of amides is 2. The van der Waals surface area contributed by atoms with Crippen LogP contribution < -0.4 is 5.32 Å². The molecule has 0 aromatic rings. The molecule has 2 amide bonds. The lowest BCUT2D eigenvalue weighted by Gasteiger charge is -2.43. The molecule has 1 saturated heterocycles. The van der Waals surface area contributed by atoms with Gasteiger partial charge in [-0.05, 0) is 26.7 Å². The quantitative estimate of drug-likeness (QED) is 0.806. The van der Waals surface area contributed by atoms with Crippen LogP contribution in [0.15, 0.2) is 0 Å². The van der Waals surface area contributed by atoms with Crippen molar-refractivity contribution in [2.24, 2.45) is 0 Å². The number of carbonyl (C=O) groups is 2. The number of nitrogens with one attached hydrogen (secondary N) is 1. The van der Waals surface area contributed by atoms with E-state index in [-0.39, 0.29) is 43.2 Å². The van der Waals surface area contributed by atoms with Crippen molar-refractivity contribution in [2.75, 3.05) is 13.2 Å². The minimum atomic E-state index is -0.0598. The van der Waals surface area contributed by atoms with E-state index in [1.54, 1.807) is 4.90 Å². The number of hydrogen-bond acceptors (Lipinski definition) is 3. The van der Waals surface area contributed by atoms with E-state index in [2.05, 4.69) is 5.32 Å². The second-order valence-electron chi connectivity index (χ2n) is 5.41. The summed E-state index contributed by atoms with van der Waals surface area (Å²) in [4.78, 5) is 25.5. The molecule has 2 fully saturated rings. The van der Waals surface area contributed by atoms with E-state index in [4.69, 9.17) is 4.74 Å². The summed E-state index contributed by atoms with van der Waals surface area (Å²) in [7, 11) is 0. The van der Waals surface area contributed by atoms with E-state index >= 15 is 0 Å². The lowest BCUT2D eigenvalue weighted by Crippen LogP contribution is -2.63. The molecule has 2 atom stereocenters. The van der Waals surface area contributed by atoms with Crippen molar-refractivity contribution in [2.45, 2.75) is 57.7 Å². The van der Waals surface area contributed by atoms with Crippen LogP contribution in [0, 0.1) is 0 Å². The van der Waals surface area contributed by atoms with E-state index < -0.39 is 0 Å². The highest BCUT2D eigenvalue weighted by molar-refractivity contribution is 5.87. The highest BCUT2D eigenvalue weighted by Crippen LogP contribution is 2.25. The zero-order chi connectivity index (χ0) is 13.1. The van der Waals surface area contributed by atoms with Crippen LogP contribution in [0.25, 0.3) is 0 Å². The third-order valence-electron chi connectivity index (χ3n) is 3.65. The average Bonchev–Trinajstić information content (AvgIpc) is 2.34. The van der Waals surface area contributed by atoms with Crippen LogP contribution in [-0.2, 0) is 14.3 Å². The average molecular weight is 254 g/mol. The van der Waals surface area contributed by atoms with Crippen molar-refractivity contribution in [1.29, 1.82) is 0 Å². The maximum absolute atomic E-state index is 12.1. The Kier molecular flexibility index (Phi) is 4.22. The van der Waals surface area contributed by atoms with Crippen LogP contribution in [0.4, 0.5) is 0 Å². The van der Waals surface area contributed by atoms with Gasteiger partial charge in [-0.25, -0.2) is 0 Å². The van der Waals surface area contributed by atoms with Gasteiger partial charge in [0.1, 0.15) is 6.61 Å². The number of carbonyl (C=O) groups excluding carboxylic acids is 2. The maximum Gasteiger partial charge on any atom is 0.249 e. The molecule has 2 unspecified atom stereocenters. The standard InChI is InChI=1S/C13H22N2O3/c1-9(2)18-8-13(17)15-7-12(16)14-10-5-3-4-6-11(10)15/h9-11H,3-8H2,1-2H3,(H,14,16). The van der Waals surface area contributed by atoms with Crippen LogP contribution in [-0.4, -0.2) is 48.1 Å². The fraction of sp³-hybridized carbons (Fsp3) is 0.846. The summed E-state index contributed by atoms with van der Waals surface area (Å²) < 4.78 is 5.35. The lowest BCUT2D eigenvalue weighted by molar-refractivity contribution is -0.148. The Bertz CT molecular complexity index is 330. The summed E-state index contributed by atoms with van der Waals surface area (Å²) in [6.07, 6.45) is 4.26. The Morgan fingerprint density at radius 1 is 1.44 bits per heavy atom. The highest BCUT2D eigenvalue weighted by Gasteiger charge is 2.38. The lowest BCUT2D eigenvalue weighted by atomic mass is 9.87. The van der Waals surface area contributed by atoms with Crippen LogP contribution in [0.2, 0.25) is 0 Å². The second-order valence-corrected chi connectivity index (χ2v) is 5.41. The molecule has 5 nitrogen and oxygen atoms in total. The number of ether oxygens (including phenoxy) is 1. The van der Waals surface area contributed by atoms with Crippen LogP contribution in [0.3, 0.4) is 0 Å². The molecule has 1 aliphatic heterocycles. The molecule has 0 bridgehead atoms. The van der Waals surface area contributed by atoms with Crippen molar-refractivity contribution in [3.05, 3.63) is 0 Å². The van der Waals surface area contributed by atoms with E-state index in [9.17, 15) is 9.59 Å². The Balaban J connectivity index is 1.99. The summed E-state index contributed by atoms with van der Waals surface area (Å²) in [5.74, 6) is -0.105. The molecule has 1 aliphatic carbocycles. The zero-order valence-electron chi connectivity index (χ0n) is 11.1. The Labute approximate surface area is 108 Å². The van der Waals surface area contributed by atoms with Crippen LogP contribution in [0.5, 0.6) is 0 Å². The van der Waals surface area contributed by atoms with Gasteiger partial charge in [-0.15, -0.1) is 0 Å². The Morgan fingerprint density at radius 3 is 2.89 bits per heavy atom. The summed E-state index contributed by atoms with van der Waals surface area (Å²) in [6, 6.07) is 0.308. The predicted octanol–water partition coefficient (Wildman–Crippen LogP) is 0.681. The summed E-state index contributed by atoms with van der Waals surface area (Å²) in [6.45, 7) is 4.06. The maximum atomic E-state index is 12.1. The molecule has 0 radical (unpaired) electrons. The van der Waals surface area contributed by atoms with Gasteiger partial charge in [0, 0.05) is 6.04 Å². The van der Waals surface area contributed by atoms with Crippen molar-refractivity contribution in [3.8, 4) is 0 Å². The van der Waals surface area contributed by atoms with Crippen LogP contribution in [0.1, 0.15) is 39.5 Å². The predicted molar refractivity (Wildman–Crippen MR) is 67.0 cm³/mol. The van der Waals surface area contributed by atoms with E-state index in [0.717, 1.165) is 25.7 Å². The zero-order valence-corrected chi connectivity index (χ0v) is 11.1. The number of rotatable bonds is 3. The Hall–Kier alpha value is -1.10. The monoisotopic (exact) mass is 254 g/mol. The first kappa shape index (κ1) is 13.3. The number of nitrogens with zero attached hydrogens (tertiary/aromatic N) is 1. The molecule has 1 N–H and O–H groups in total. The molecule has 18 heavy (non-hydrogen) atoms. The molecule has 2 aliphatic rings. The van der Waals surface area contributed by atoms with Crippen molar-refractivity contribution >= 4 is 11.8 Å². The number of fused-ring (bicyclic) bond motifs is 1. The fourth-order valence-corrected chi connectivity index (χ4v) is 2.77. The van der Waals surface area contributed by atoms with Gasteiger partial charge in [-0.2, -0.15) is 0 Å². The fourth-order valence-electron chi connectivity index (χ4n) is 2.77. The number of hydrogen-bond donors (Lipinski definition) is 1. The van der Waals surface area contributed by atoms with Gasteiger partial charge in [-0.1, -0.05) is 12.8 Å². The topological polar surface area (TPSA) is 58.6 Å². The minimum absolute atomic E-state index is 0.0368. The van der Waals surface area contributed by atoms with Gasteiger partial charge < -0.3 is 15.0 Å². The van der Waals surface area contributed by atoms with Gasteiger partial charge in [-0.3, -0.25) is 9.59 Å². The molecule has 102 valence electrons. The molecule has 1 saturated carbocycles. The SMILES string of the molecule is CC(C)OCC(=O)N1CC(=O)NC2CCCCC21. The molecule has 5 heteroatoms. The second kappa shape index (κ2) is 5.69. The van der Waals surface area contributed by atoms with Gasteiger partial charge >= 0.3 is 0 Å². The molecular weight excluding hydrogens is 232 g/mol. The van der Waals surface area contributed by atoms with Crippen molar-refractivity contribution in [3.63, 3.8) is 0 Å². The van der Waals surface area contributed by atoms with E-state index in [0.29, 0.717) is 0 Å². The first-order chi connectivity index (χ1) is 8.58. The Morgan fingerprint density at radius 2 is 2.17 bits per heavy atom. The molecule has 0 aromatic heterocycles. The summed E-state index contributed by atoms with van der Waals surface area (Å²) in [5, 5.41) is 2.99. The molecule has 0 aromatic carbocycles. The summed E-state index contributed by atoms with van der Waals surface area (Å²) in [5.41, 5.74) is 0. The first-order valence-electron chi connectivity index (χ1n) is 6.78. The van der Waals surface area contributed by atoms with Gasteiger partial charge in [0.25, 0.3) is 0 Å². The van der Waals surface area contributed by atoms with Crippen LogP contribution >= 0.6 is 0 Å². The minimum Gasteiger partial charge on any atom is -0.369 e. The van der Waals surface area contributed by atoms with Crippen molar-refractivity contribution in [1.82, 2.24) is 10.2 Å². The van der Waals surface area contributed by atoms with Gasteiger partial charge in [0.2, 0.25) is 11.8 Å². The summed E-state index contributed by atoms with van der Waals surface area (Å²) >= 11 is 0. The molecular formula is C13H22N2O3. The van der Waals surface area contributed by atoms with E-state index in [1.807, 2.05) is 13.8 Å².